The van der Waals surface area contributed by atoms with E-state index >= 15 is 0 Å². The maximum atomic E-state index is 13.6. The van der Waals surface area contributed by atoms with Crippen molar-refractivity contribution in [1.82, 2.24) is 5.43 Å². The molecule has 0 fully saturated rings. The lowest BCUT2D eigenvalue weighted by molar-refractivity contribution is 0.0951. The Morgan fingerprint density at radius 1 is 1.29 bits per heavy atom. The summed E-state index contributed by atoms with van der Waals surface area (Å²) in [5, 5.41) is 0. The largest absolute Gasteiger partial charge is 0.485 e. The lowest BCUT2D eigenvalue weighted by Gasteiger charge is -2.12. The molecular weight excluding hydrogens is 346 g/mol. The monoisotopic (exact) mass is 356 g/mol. The number of nitrogens with two attached hydrogens (primary N) is 1. The van der Waals surface area contributed by atoms with E-state index in [1.807, 2.05) is 5.43 Å². The number of hydrazine groups is 1. The predicted octanol–water partition coefficient (Wildman–Crippen LogP) is 2.91. The van der Waals surface area contributed by atoms with Crippen molar-refractivity contribution in [3.05, 3.63) is 63.6 Å². The van der Waals surface area contributed by atoms with Crippen LogP contribution >= 0.6 is 15.9 Å². The minimum Gasteiger partial charge on any atom is -0.485 e. The van der Waals surface area contributed by atoms with Crippen molar-refractivity contribution in [2.24, 2.45) is 5.84 Å². The molecule has 0 aliphatic carbocycles. The minimum absolute atomic E-state index is 0.0647. The number of ether oxygens (including phenoxy) is 1. The Balaban J connectivity index is 2.23. The van der Waals surface area contributed by atoms with Crippen LogP contribution in [0.3, 0.4) is 0 Å². The van der Waals surface area contributed by atoms with Crippen molar-refractivity contribution in [2.45, 2.75) is 6.61 Å². The van der Waals surface area contributed by atoms with Crippen LogP contribution in [-0.2, 0) is 6.61 Å². The zero-order valence-corrected chi connectivity index (χ0v) is 12.3. The van der Waals surface area contributed by atoms with Gasteiger partial charge in [-0.25, -0.2) is 14.6 Å². The predicted molar refractivity (Wildman–Crippen MR) is 76.5 cm³/mol. The van der Waals surface area contributed by atoms with Crippen molar-refractivity contribution in [2.75, 3.05) is 0 Å². The molecule has 21 heavy (non-hydrogen) atoms. The van der Waals surface area contributed by atoms with Crippen LogP contribution in [0, 0.1) is 11.6 Å². The van der Waals surface area contributed by atoms with Gasteiger partial charge in [0.2, 0.25) is 0 Å². The molecule has 2 rings (SSSR count). The second-order valence-electron chi connectivity index (χ2n) is 4.12. The highest BCUT2D eigenvalue weighted by Crippen LogP contribution is 2.30. The number of benzene rings is 2. The van der Waals surface area contributed by atoms with E-state index in [2.05, 4.69) is 15.9 Å². The van der Waals surface area contributed by atoms with Gasteiger partial charge in [0, 0.05) is 17.2 Å². The summed E-state index contributed by atoms with van der Waals surface area (Å²) in [6, 6.07) is 8.41. The highest BCUT2D eigenvalue weighted by Gasteiger charge is 2.14. The first kappa shape index (κ1) is 15.4. The fourth-order valence-corrected chi connectivity index (χ4v) is 2.28. The molecule has 110 valence electrons. The van der Waals surface area contributed by atoms with Crippen LogP contribution in [-0.4, -0.2) is 5.91 Å². The van der Waals surface area contributed by atoms with Crippen molar-refractivity contribution in [1.29, 1.82) is 0 Å². The molecule has 0 aromatic heterocycles. The average molecular weight is 357 g/mol. The van der Waals surface area contributed by atoms with Gasteiger partial charge < -0.3 is 4.74 Å². The first-order valence-electron chi connectivity index (χ1n) is 5.89. The molecule has 2 aromatic carbocycles. The number of halogens is 3. The average Bonchev–Trinajstić information content (AvgIpc) is 2.45. The zero-order valence-electron chi connectivity index (χ0n) is 10.7. The van der Waals surface area contributed by atoms with Crippen LogP contribution in [0.5, 0.6) is 5.75 Å². The van der Waals surface area contributed by atoms with E-state index in [0.29, 0.717) is 11.1 Å². The first-order valence-corrected chi connectivity index (χ1v) is 6.68. The number of nitrogen functional groups attached to an aromatic ring is 1. The topological polar surface area (TPSA) is 64.3 Å². The van der Waals surface area contributed by atoms with Gasteiger partial charge in [0.05, 0.1) is 4.47 Å². The number of hydrogen-bond acceptors (Lipinski definition) is 3. The van der Waals surface area contributed by atoms with E-state index in [4.69, 9.17) is 10.6 Å². The maximum Gasteiger partial charge on any atom is 0.265 e. The molecule has 0 radical (unpaired) electrons. The molecule has 1 amide bonds. The van der Waals surface area contributed by atoms with Crippen molar-refractivity contribution < 1.29 is 18.3 Å². The molecule has 3 N–H and O–H groups in total. The van der Waals surface area contributed by atoms with E-state index in [0.717, 1.165) is 12.1 Å². The molecule has 0 bridgehead atoms. The Morgan fingerprint density at radius 2 is 2.00 bits per heavy atom. The third-order valence-corrected chi connectivity index (χ3v) is 3.32. The number of carbonyl (C=O) groups excluding carboxylic acids is 1. The molecule has 0 saturated heterocycles. The molecule has 7 heteroatoms. The van der Waals surface area contributed by atoms with Gasteiger partial charge in [0.1, 0.15) is 12.4 Å². The molecule has 4 nitrogen and oxygen atoms in total. The van der Waals surface area contributed by atoms with Crippen molar-refractivity contribution >= 4 is 21.8 Å². The zero-order chi connectivity index (χ0) is 15.4. The quantitative estimate of drug-likeness (QED) is 0.503. The molecule has 0 heterocycles. The summed E-state index contributed by atoms with van der Waals surface area (Å²) in [4.78, 5) is 11.6. The molecule has 2 aromatic rings. The lowest BCUT2D eigenvalue weighted by atomic mass is 10.1. The second kappa shape index (κ2) is 6.64. The summed E-state index contributed by atoms with van der Waals surface area (Å²) in [5.74, 6) is 2.95. The highest BCUT2D eigenvalue weighted by atomic mass is 79.9. The third-order valence-electron chi connectivity index (χ3n) is 2.73. The fourth-order valence-electron chi connectivity index (χ4n) is 1.76. The van der Waals surface area contributed by atoms with Crippen LogP contribution in [0.1, 0.15) is 15.9 Å². The highest BCUT2D eigenvalue weighted by molar-refractivity contribution is 9.10. The van der Waals surface area contributed by atoms with Crippen LogP contribution < -0.4 is 16.0 Å². The van der Waals surface area contributed by atoms with Crippen LogP contribution in [0.15, 0.2) is 40.9 Å². The van der Waals surface area contributed by atoms with Gasteiger partial charge in [-0.3, -0.25) is 10.2 Å². The lowest BCUT2D eigenvalue weighted by Crippen LogP contribution is -2.30. The summed E-state index contributed by atoms with van der Waals surface area (Å²) < 4.78 is 32.1. The summed E-state index contributed by atoms with van der Waals surface area (Å²) in [5.41, 5.74) is 2.86. The fraction of sp³-hybridized carbons (Fsp3) is 0.0714. The standard InChI is InChI=1S/C14H11BrF2N2O2/c15-11-5-9(16)6-12(17)13(11)21-7-8-3-1-2-4-10(8)14(20)19-18/h1-6H,7,18H2,(H,19,20). The van der Waals surface area contributed by atoms with Crippen LogP contribution in [0.25, 0.3) is 0 Å². The summed E-state index contributed by atoms with van der Waals surface area (Å²) in [6.45, 7) is -0.0647. The second-order valence-corrected chi connectivity index (χ2v) is 4.97. The summed E-state index contributed by atoms with van der Waals surface area (Å²) in [7, 11) is 0. The van der Waals surface area contributed by atoms with Crippen LogP contribution in [0.4, 0.5) is 8.78 Å². The Bertz CT molecular complexity index is 657. The van der Waals surface area contributed by atoms with Crippen LogP contribution in [0.2, 0.25) is 0 Å². The van der Waals surface area contributed by atoms with E-state index in [9.17, 15) is 13.6 Å². The van der Waals surface area contributed by atoms with E-state index in [1.165, 1.54) is 0 Å². The number of hydrogen-bond donors (Lipinski definition) is 2. The summed E-state index contributed by atoms with van der Waals surface area (Å²) in [6.07, 6.45) is 0. The SMILES string of the molecule is NNC(=O)c1ccccc1COc1c(F)cc(F)cc1Br. The van der Waals surface area contributed by atoms with E-state index in [1.54, 1.807) is 24.3 Å². The smallest absolute Gasteiger partial charge is 0.265 e. The molecule has 0 aliphatic heterocycles. The Labute approximate surface area is 128 Å². The number of carbonyl (C=O) groups is 1. The third kappa shape index (κ3) is 3.56. The normalized spacial score (nSPS) is 10.3. The van der Waals surface area contributed by atoms with Gasteiger partial charge >= 0.3 is 0 Å². The number of rotatable bonds is 4. The van der Waals surface area contributed by atoms with Gasteiger partial charge in [-0.15, -0.1) is 0 Å². The Hall–Kier alpha value is -1.99. The minimum atomic E-state index is -0.831. The van der Waals surface area contributed by atoms with E-state index in [-0.39, 0.29) is 16.8 Å². The maximum absolute atomic E-state index is 13.6. The molecule has 0 aliphatic rings. The Kier molecular flexibility index (Phi) is 4.87. The molecule has 0 atom stereocenters. The van der Waals surface area contributed by atoms with Gasteiger partial charge in [-0.1, -0.05) is 18.2 Å². The van der Waals surface area contributed by atoms with Gasteiger partial charge in [0.15, 0.2) is 11.6 Å². The number of nitrogens with one attached hydrogen (secondary N) is 1. The molecule has 0 saturated carbocycles. The van der Waals surface area contributed by atoms with Gasteiger partial charge in [-0.05, 0) is 28.1 Å². The van der Waals surface area contributed by atoms with Crippen molar-refractivity contribution in [3.8, 4) is 5.75 Å². The van der Waals surface area contributed by atoms with Gasteiger partial charge in [-0.2, -0.15) is 0 Å². The summed E-state index contributed by atoms with van der Waals surface area (Å²) >= 11 is 3.03. The number of amides is 1. The van der Waals surface area contributed by atoms with E-state index < -0.39 is 17.5 Å². The van der Waals surface area contributed by atoms with Crippen molar-refractivity contribution in [3.63, 3.8) is 0 Å². The van der Waals surface area contributed by atoms with Gasteiger partial charge in [0.25, 0.3) is 5.91 Å². The first-order chi connectivity index (χ1) is 10.0. The molecular formula is C14H11BrF2N2O2. The molecule has 0 unspecified atom stereocenters. The molecule has 0 spiro atoms. The Morgan fingerprint density at radius 3 is 2.67 bits per heavy atom.